The molecule has 1 heterocycles. The van der Waals surface area contributed by atoms with Gasteiger partial charge in [-0.1, -0.05) is 32.0 Å². The summed E-state index contributed by atoms with van der Waals surface area (Å²) in [6.07, 6.45) is 0. The summed E-state index contributed by atoms with van der Waals surface area (Å²) in [4.78, 5) is 36.7. The molecule has 0 saturated heterocycles. The summed E-state index contributed by atoms with van der Waals surface area (Å²) in [7, 11) is 0. The van der Waals surface area contributed by atoms with Gasteiger partial charge in [-0.3, -0.25) is 9.59 Å². The number of rotatable bonds is 8. The van der Waals surface area contributed by atoms with E-state index < -0.39 is 24.5 Å². The van der Waals surface area contributed by atoms with Gasteiger partial charge < -0.3 is 15.4 Å². The lowest BCUT2D eigenvalue weighted by molar-refractivity contribution is -0.151. The van der Waals surface area contributed by atoms with E-state index in [0.717, 1.165) is 5.56 Å². The summed E-state index contributed by atoms with van der Waals surface area (Å²) in [5.41, 5.74) is 0.722. The minimum absolute atomic E-state index is 0.194. The molecule has 1 aromatic carbocycles. The number of hydrogen-bond acceptors (Lipinski definition) is 5. The maximum absolute atomic E-state index is 12.8. The van der Waals surface area contributed by atoms with Crippen molar-refractivity contribution in [2.24, 2.45) is 5.92 Å². The van der Waals surface area contributed by atoms with Crippen molar-refractivity contribution >= 4 is 29.1 Å². The van der Waals surface area contributed by atoms with E-state index in [-0.39, 0.29) is 24.2 Å². The molecule has 0 aliphatic heterocycles. The van der Waals surface area contributed by atoms with Crippen LogP contribution in [0.15, 0.2) is 41.8 Å². The molecule has 0 aliphatic carbocycles. The maximum Gasteiger partial charge on any atom is 0.329 e. The molecule has 0 spiro atoms. The quantitative estimate of drug-likeness (QED) is 0.676. The van der Waals surface area contributed by atoms with Crippen molar-refractivity contribution in [3.63, 3.8) is 0 Å². The largest absolute Gasteiger partial charge is 0.454 e. The predicted molar refractivity (Wildman–Crippen MR) is 99.6 cm³/mol. The van der Waals surface area contributed by atoms with Crippen LogP contribution in [0.25, 0.3) is 0 Å². The van der Waals surface area contributed by atoms with Gasteiger partial charge in [0.2, 0.25) is 0 Å². The summed E-state index contributed by atoms with van der Waals surface area (Å²) >= 11 is 1.27. The molecule has 8 heteroatoms. The van der Waals surface area contributed by atoms with E-state index in [1.54, 1.807) is 43.5 Å². The number of nitrogens with one attached hydrogen (secondary N) is 2. The van der Waals surface area contributed by atoms with Crippen molar-refractivity contribution in [1.82, 2.24) is 10.6 Å². The van der Waals surface area contributed by atoms with Gasteiger partial charge in [0, 0.05) is 6.54 Å². The average molecular weight is 392 g/mol. The number of hydrogen-bond donors (Lipinski definition) is 2. The van der Waals surface area contributed by atoms with E-state index in [2.05, 4.69) is 10.6 Å². The van der Waals surface area contributed by atoms with E-state index in [1.165, 1.54) is 23.5 Å². The highest BCUT2D eigenvalue weighted by atomic mass is 32.1. The third kappa shape index (κ3) is 6.49. The molecule has 27 heavy (non-hydrogen) atoms. The number of amides is 2. The fraction of sp³-hybridized carbons (Fsp3) is 0.316. The summed E-state index contributed by atoms with van der Waals surface area (Å²) in [5.74, 6) is -2.08. The fourth-order valence-corrected chi connectivity index (χ4v) is 2.83. The lowest BCUT2D eigenvalue weighted by Crippen LogP contribution is -2.46. The molecule has 6 nitrogen and oxygen atoms in total. The van der Waals surface area contributed by atoms with Crippen molar-refractivity contribution in [2.45, 2.75) is 26.4 Å². The van der Waals surface area contributed by atoms with E-state index >= 15 is 0 Å². The molecule has 0 fully saturated rings. The van der Waals surface area contributed by atoms with Crippen LogP contribution in [0.4, 0.5) is 4.39 Å². The van der Waals surface area contributed by atoms with Gasteiger partial charge >= 0.3 is 5.97 Å². The van der Waals surface area contributed by atoms with Crippen LogP contribution in [0, 0.1) is 11.7 Å². The van der Waals surface area contributed by atoms with Crippen LogP contribution in [0.5, 0.6) is 0 Å². The smallest absolute Gasteiger partial charge is 0.329 e. The highest BCUT2D eigenvalue weighted by Crippen LogP contribution is 2.11. The highest BCUT2D eigenvalue weighted by Gasteiger charge is 2.27. The van der Waals surface area contributed by atoms with Crippen molar-refractivity contribution in [3.8, 4) is 0 Å². The molecule has 0 bridgehead atoms. The zero-order chi connectivity index (χ0) is 19.8. The Balaban J connectivity index is 1.81. The molecule has 2 rings (SSSR count). The maximum atomic E-state index is 12.8. The molecule has 0 saturated carbocycles. The van der Waals surface area contributed by atoms with Crippen LogP contribution in [-0.2, 0) is 20.9 Å². The molecule has 0 unspecified atom stereocenters. The van der Waals surface area contributed by atoms with Gasteiger partial charge in [-0.2, -0.15) is 0 Å². The monoisotopic (exact) mass is 392 g/mol. The van der Waals surface area contributed by atoms with Crippen molar-refractivity contribution < 1.29 is 23.5 Å². The van der Waals surface area contributed by atoms with E-state index in [0.29, 0.717) is 4.88 Å². The number of carbonyl (C=O) groups is 3. The molecule has 2 amide bonds. The standard InChI is InChI=1S/C19H21FN2O4S/c1-12(2)17(22-18(24)15-4-3-9-27-15)19(25)26-11-16(23)21-10-13-5-7-14(20)8-6-13/h3-9,12,17H,10-11H2,1-2H3,(H,21,23)(H,22,24)/t17-/m1/s1. The molecule has 144 valence electrons. The van der Waals surface area contributed by atoms with Gasteiger partial charge in [0.25, 0.3) is 11.8 Å². The molecular weight excluding hydrogens is 371 g/mol. The Morgan fingerprint density at radius 1 is 1.15 bits per heavy atom. The first-order valence-electron chi connectivity index (χ1n) is 8.39. The van der Waals surface area contributed by atoms with Crippen LogP contribution in [-0.4, -0.2) is 30.4 Å². The second kappa shape index (κ2) is 9.82. The third-order valence-corrected chi connectivity index (χ3v) is 4.57. The molecule has 2 N–H and O–H groups in total. The Morgan fingerprint density at radius 3 is 2.44 bits per heavy atom. The van der Waals surface area contributed by atoms with Gasteiger partial charge in [-0.15, -0.1) is 11.3 Å². The highest BCUT2D eigenvalue weighted by molar-refractivity contribution is 7.12. The number of halogens is 1. The summed E-state index contributed by atoms with van der Waals surface area (Å²) in [6.45, 7) is 3.28. The topological polar surface area (TPSA) is 84.5 Å². The molecule has 0 radical (unpaired) electrons. The van der Waals surface area contributed by atoms with Crippen LogP contribution in [0.2, 0.25) is 0 Å². The van der Waals surface area contributed by atoms with E-state index in [4.69, 9.17) is 4.74 Å². The molecule has 1 aromatic heterocycles. The average Bonchev–Trinajstić information content (AvgIpc) is 3.18. The fourth-order valence-electron chi connectivity index (χ4n) is 2.20. The third-order valence-electron chi connectivity index (χ3n) is 3.70. The number of ether oxygens (including phenoxy) is 1. The van der Waals surface area contributed by atoms with Gasteiger partial charge in [0.15, 0.2) is 6.61 Å². The number of thiophene rings is 1. The SMILES string of the molecule is CC(C)[C@@H](NC(=O)c1cccs1)C(=O)OCC(=O)NCc1ccc(F)cc1. The lowest BCUT2D eigenvalue weighted by atomic mass is 10.0. The predicted octanol–water partition coefficient (Wildman–Crippen LogP) is 2.50. The minimum atomic E-state index is -0.857. The number of benzene rings is 1. The van der Waals surface area contributed by atoms with E-state index in [9.17, 15) is 18.8 Å². The summed E-state index contributed by atoms with van der Waals surface area (Å²) < 4.78 is 17.9. The van der Waals surface area contributed by atoms with Crippen LogP contribution < -0.4 is 10.6 Å². The Morgan fingerprint density at radius 2 is 1.85 bits per heavy atom. The van der Waals surface area contributed by atoms with Gasteiger partial charge in [0.1, 0.15) is 11.9 Å². The molecular formula is C19H21FN2O4S. The van der Waals surface area contributed by atoms with Gasteiger partial charge in [0.05, 0.1) is 4.88 Å². The molecule has 2 aromatic rings. The second-order valence-corrected chi connectivity index (χ2v) is 7.13. The van der Waals surface area contributed by atoms with Crippen molar-refractivity contribution in [1.29, 1.82) is 0 Å². The lowest BCUT2D eigenvalue weighted by Gasteiger charge is -2.20. The van der Waals surface area contributed by atoms with Gasteiger partial charge in [-0.05, 0) is 35.1 Å². The number of esters is 1. The summed E-state index contributed by atoms with van der Waals surface area (Å²) in [5, 5.41) is 6.98. The first kappa shape index (κ1) is 20.6. The molecule has 0 aliphatic rings. The van der Waals surface area contributed by atoms with Crippen molar-refractivity contribution in [2.75, 3.05) is 6.61 Å². The molecule has 1 atom stereocenters. The number of carbonyl (C=O) groups excluding carboxylic acids is 3. The van der Waals surface area contributed by atoms with Crippen LogP contribution in [0.1, 0.15) is 29.1 Å². The second-order valence-electron chi connectivity index (χ2n) is 6.18. The first-order chi connectivity index (χ1) is 12.9. The Bertz CT molecular complexity index is 776. The van der Waals surface area contributed by atoms with Crippen LogP contribution in [0.3, 0.4) is 0 Å². The Hall–Kier alpha value is -2.74. The minimum Gasteiger partial charge on any atom is -0.454 e. The zero-order valence-corrected chi connectivity index (χ0v) is 15.8. The zero-order valence-electron chi connectivity index (χ0n) is 15.0. The summed E-state index contributed by atoms with van der Waals surface area (Å²) in [6, 6.07) is 8.24. The first-order valence-corrected chi connectivity index (χ1v) is 9.27. The Labute approximate surface area is 160 Å². The van der Waals surface area contributed by atoms with Crippen molar-refractivity contribution in [3.05, 3.63) is 58.0 Å². The van der Waals surface area contributed by atoms with Crippen LogP contribution >= 0.6 is 11.3 Å². The Kier molecular flexibility index (Phi) is 7.48. The normalized spacial score (nSPS) is 11.7. The van der Waals surface area contributed by atoms with Gasteiger partial charge in [-0.25, -0.2) is 9.18 Å². The van der Waals surface area contributed by atoms with E-state index in [1.807, 2.05) is 0 Å².